The minimum absolute atomic E-state index is 0.103. The van der Waals surface area contributed by atoms with Gasteiger partial charge < -0.3 is 9.64 Å². The Kier molecular flexibility index (Phi) is 5.25. The first kappa shape index (κ1) is 19.2. The van der Waals surface area contributed by atoms with Crippen LogP contribution in [0.15, 0.2) is 29.1 Å². The van der Waals surface area contributed by atoms with E-state index < -0.39 is 0 Å². The van der Waals surface area contributed by atoms with E-state index in [0.29, 0.717) is 0 Å². The summed E-state index contributed by atoms with van der Waals surface area (Å²) in [6, 6.07) is 8.21. The predicted molar refractivity (Wildman–Crippen MR) is 116 cm³/mol. The molecule has 3 aromatic rings. The van der Waals surface area contributed by atoms with Gasteiger partial charge in [0.05, 0.1) is 12.5 Å². The van der Waals surface area contributed by atoms with E-state index in [1.54, 1.807) is 18.4 Å². The minimum Gasteiger partial charge on any atom is -0.497 e. The summed E-state index contributed by atoms with van der Waals surface area (Å²) in [5.74, 6) is 1.63. The molecule has 4 rings (SSSR count). The average Bonchev–Trinajstić information content (AvgIpc) is 3.08. The highest BCUT2D eigenvalue weighted by Crippen LogP contribution is 2.38. The predicted octanol–water partition coefficient (Wildman–Crippen LogP) is 4.27. The van der Waals surface area contributed by atoms with Crippen LogP contribution in [0, 0.1) is 6.92 Å². The fourth-order valence-electron chi connectivity index (χ4n) is 4.23. The van der Waals surface area contributed by atoms with Crippen molar-refractivity contribution in [1.29, 1.82) is 0 Å². The van der Waals surface area contributed by atoms with E-state index in [1.807, 2.05) is 29.7 Å². The molecule has 0 amide bonds. The smallest absolute Gasteiger partial charge is 0.263 e. The summed E-state index contributed by atoms with van der Waals surface area (Å²) in [5.41, 5.74) is 2.16. The fraction of sp³-hybridized carbons (Fsp3) is 0.455. The van der Waals surface area contributed by atoms with Gasteiger partial charge >= 0.3 is 0 Å². The van der Waals surface area contributed by atoms with Gasteiger partial charge in [0.25, 0.3) is 5.56 Å². The summed E-state index contributed by atoms with van der Waals surface area (Å²) >= 11 is 1.64. The second-order valence-corrected chi connectivity index (χ2v) is 8.62. The Hall–Kier alpha value is -2.18. The zero-order valence-electron chi connectivity index (χ0n) is 17.0. The molecular weight excluding hydrogens is 370 g/mol. The molecule has 0 N–H and O–H groups in total. The average molecular weight is 398 g/mol. The molecule has 148 valence electrons. The standard InChI is InChI=1S/C22H27N3O2S/c1-5-18-19(15-7-6-8-17(13-15)27-4)20-21(28-18)23-14(2)25(22(20)26)16-9-11-24(3)12-10-16/h6-8,13,16H,5,9-12H2,1-4H3. The van der Waals surface area contributed by atoms with Crippen LogP contribution in [0.3, 0.4) is 0 Å². The lowest BCUT2D eigenvalue weighted by Crippen LogP contribution is -2.36. The Labute approximate surface area is 169 Å². The molecule has 28 heavy (non-hydrogen) atoms. The normalized spacial score (nSPS) is 16.0. The van der Waals surface area contributed by atoms with Gasteiger partial charge in [-0.25, -0.2) is 4.98 Å². The number of ether oxygens (including phenoxy) is 1. The van der Waals surface area contributed by atoms with Crippen molar-refractivity contribution in [3.8, 4) is 16.9 Å². The maximum absolute atomic E-state index is 13.7. The van der Waals surface area contributed by atoms with Crippen LogP contribution in [0.1, 0.15) is 36.5 Å². The maximum atomic E-state index is 13.7. The number of rotatable bonds is 4. The van der Waals surface area contributed by atoms with Crippen LogP contribution in [-0.4, -0.2) is 41.7 Å². The Bertz CT molecular complexity index is 1060. The number of benzene rings is 1. The lowest BCUT2D eigenvalue weighted by molar-refractivity contribution is 0.216. The van der Waals surface area contributed by atoms with E-state index >= 15 is 0 Å². The summed E-state index contributed by atoms with van der Waals surface area (Å²) in [5, 5.41) is 0.764. The van der Waals surface area contributed by atoms with E-state index in [-0.39, 0.29) is 11.6 Å². The van der Waals surface area contributed by atoms with E-state index in [4.69, 9.17) is 9.72 Å². The largest absolute Gasteiger partial charge is 0.497 e. The van der Waals surface area contributed by atoms with Crippen LogP contribution in [0.25, 0.3) is 21.3 Å². The van der Waals surface area contributed by atoms with Gasteiger partial charge in [0.1, 0.15) is 16.4 Å². The van der Waals surface area contributed by atoms with Gasteiger partial charge in [0.2, 0.25) is 0 Å². The van der Waals surface area contributed by atoms with Crippen molar-refractivity contribution in [3.05, 3.63) is 45.3 Å². The first-order valence-corrected chi connectivity index (χ1v) is 10.7. The van der Waals surface area contributed by atoms with Crippen LogP contribution >= 0.6 is 11.3 Å². The quantitative estimate of drug-likeness (QED) is 0.660. The molecule has 5 nitrogen and oxygen atoms in total. The molecule has 1 saturated heterocycles. The molecule has 6 heteroatoms. The van der Waals surface area contributed by atoms with Crippen LogP contribution in [0.4, 0.5) is 0 Å². The van der Waals surface area contributed by atoms with Crippen LogP contribution < -0.4 is 10.3 Å². The lowest BCUT2D eigenvalue weighted by Gasteiger charge is -2.31. The second-order valence-electron chi connectivity index (χ2n) is 7.53. The van der Waals surface area contributed by atoms with Gasteiger partial charge in [-0.05, 0) is 64.0 Å². The zero-order chi connectivity index (χ0) is 19.8. The molecule has 2 aromatic heterocycles. The number of likely N-dealkylation sites (tertiary alicyclic amines) is 1. The SMILES string of the molecule is CCc1sc2nc(C)n(C3CCN(C)CC3)c(=O)c2c1-c1cccc(OC)c1. The van der Waals surface area contributed by atoms with Crippen molar-refractivity contribution in [2.45, 2.75) is 39.2 Å². The first-order chi connectivity index (χ1) is 13.5. The van der Waals surface area contributed by atoms with E-state index in [0.717, 1.165) is 65.3 Å². The third-order valence-electron chi connectivity index (χ3n) is 5.74. The van der Waals surface area contributed by atoms with Crippen LogP contribution in [0.2, 0.25) is 0 Å². The third kappa shape index (κ3) is 3.25. The number of nitrogens with zero attached hydrogens (tertiary/aromatic N) is 3. The topological polar surface area (TPSA) is 47.4 Å². The van der Waals surface area contributed by atoms with E-state index in [2.05, 4.69) is 24.9 Å². The van der Waals surface area contributed by atoms with Crippen molar-refractivity contribution in [1.82, 2.24) is 14.5 Å². The number of thiophene rings is 1. The lowest BCUT2D eigenvalue weighted by atomic mass is 10.0. The van der Waals surface area contributed by atoms with Crippen LogP contribution in [0.5, 0.6) is 5.75 Å². The van der Waals surface area contributed by atoms with Crippen molar-refractivity contribution in [2.75, 3.05) is 27.2 Å². The highest BCUT2D eigenvalue weighted by atomic mass is 32.1. The molecule has 0 bridgehead atoms. The van der Waals surface area contributed by atoms with Gasteiger partial charge in [-0.1, -0.05) is 19.1 Å². The molecular formula is C22H27N3O2S. The summed E-state index contributed by atoms with van der Waals surface area (Å²) in [6.07, 6.45) is 2.85. The van der Waals surface area contributed by atoms with Gasteiger partial charge in [-0.3, -0.25) is 9.36 Å². The third-order valence-corrected chi connectivity index (χ3v) is 6.97. The number of piperidine rings is 1. The molecule has 1 fully saturated rings. The summed E-state index contributed by atoms with van der Waals surface area (Å²) in [7, 11) is 3.81. The van der Waals surface area contributed by atoms with E-state index in [9.17, 15) is 4.79 Å². The number of fused-ring (bicyclic) bond motifs is 1. The fourth-order valence-corrected chi connectivity index (χ4v) is 5.40. The highest BCUT2D eigenvalue weighted by Gasteiger charge is 2.25. The Morgan fingerprint density at radius 1 is 1.29 bits per heavy atom. The molecule has 0 spiro atoms. The molecule has 3 heterocycles. The molecule has 1 aliphatic rings. The second kappa shape index (κ2) is 7.68. The van der Waals surface area contributed by atoms with Gasteiger partial charge in [0.15, 0.2) is 0 Å². The molecule has 1 aromatic carbocycles. The monoisotopic (exact) mass is 397 g/mol. The molecule has 0 radical (unpaired) electrons. The number of hydrogen-bond acceptors (Lipinski definition) is 5. The summed E-state index contributed by atoms with van der Waals surface area (Å²) in [4.78, 5) is 22.9. The van der Waals surface area contributed by atoms with Crippen molar-refractivity contribution in [3.63, 3.8) is 0 Å². The number of aryl methyl sites for hydroxylation is 2. The maximum Gasteiger partial charge on any atom is 0.263 e. The van der Waals surface area contributed by atoms with Crippen molar-refractivity contribution < 1.29 is 4.74 Å². The Morgan fingerprint density at radius 3 is 2.71 bits per heavy atom. The number of aromatic nitrogens is 2. The molecule has 0 aliphatic carbocycles. The first-order valence-electron chi connectivity index (χ1n) is 9.91. The van der Waals surface area contributed by atoms with Crippen molar-refractivity contribution in [2.24, 2.45) is 0 Å². The molecule has 0 atom stereocenters. The molecule has 0 unspecified atom stereocenters. The molecule has 1 aliphatic heterocycles. The number of hydrogen-bond donors (Lipinski definition) is 0. The van der Waals surface area contributed by atoms with Gasteiger partial charge in [0, 0.05) is 16.5 Å². The Balaban J connectivity index is 1.94. The van der Waals surface area contributed by atoms with E-state index in [1.165, 1.54) is 4.88 Å². The number of methoxy groups -OCH3 is 1. The molecule has 0 saturated carbocycles. The van der Waals surface area contributed by atoms with Crippen LogP contribution in [-0.2, 0) is 6.42 Å². The van der Waals surface area contributed by atoms with Gasteiger partial charge in [-0.2, -0.15) is 0 Å². The summed E-state index contributed by atoms with van der Waals surface area (Å²) < 4.78 is 7.37. The highest BCUT2D eigenvalue weighted by molar-refractivity contribution is 7.19. The minimum atomic E-state index is 0.103. The summed E-state index contributed by atoms with van der Waals surface area (Å²) in [6.45, 7) is 6.13. The van der Waals surface area contributed by atoms with Gasteiger partial charge in [-0.15, -0.1) is 11.3 Å². The Morgan fingerprint density at radius 2 is 2.04 bits per heavy atom. The zero-order valence-corrected chi connectivity index (χ0v) is 17.8. The van der Waals surface area contributed by atoms with Crippen molar-refractivity contribution >= 4 is 21.6 Å².